The van der Waals surface area contributed by atoms with Gasteiger partial charge >= 0.3 is 0 Å². The maximum Gasteiger partial charge on any atom is 0.227 e. The Morgan fingerprint density at radius 2 is 1.73 bits per heavy atom. The maximum absolute atomic E-state index is 11.1. The molecule has 4 rings (SSSR count). The minimum Gasteiger partial charge on any atom is -0.436 e. The van der Waals surface area contributed by atoms with E-state index < -0.39 is 0 Å². The molecule has 0 fully saturated rings. The fourth-order valence-corrected chi connectivity index (χ4v) is 2.77. The van der Waals surface area contributed by atoms with Crippen LogP contribution in [0.2, 0.25) is 5.02 Å². The Bertz CT molecular complexity index is 1090. The molecule has 26 heavy (non-hydrogen) atoms. The van der Waals surface area contributed by atoms with Crippen LogP contribution >= 0.6 is 11.6 Å². The van der Waals surface area contributed by atoms with Gasteiger partial charge in [0.05, 0.1) is 0 Å². The Labute approximate surface area is 154 Å². The van der Waals surface area contributed by atoms with E-state index in [1.165, 1.54) is 6.92 Å². The number of oxazole rings is 1. The van der Waals surface area contributed by atoms with Crippen LogP contribution in [0.15, 0.2) is 65.2 Å². The lowest BCUT2D eigenvalue weighted by atomic mass is 10.1. The molecule has 6 heteroatoms. The minimum atomic E-state index is -0.149. The molecule has 0 atom stereocenters. The third kappa shape index (κ3) is 3.30. The lowest BCUT2D eigenvalue weighted by Gasteiger charge is -2.03. The fourth-order valence-electron chi connectivity index (χ4n) is 2.64. The van der Waals surface area contributed by atoms with E-state index in [4.69, 9.17) is 16.0 Å². The first-order chi connectivity index (χ1) is 12.6. The van der Waals surface area contributed by atoms with Gasteiger partial charge in [-0.05, 0) is 54.1 Å². The van der Waals surface area contributed by atoms with E-state index in [0.717, 1.165) is 22.2 Å². The van der Waals surface area contributed by atoms with Gasteiger partial charge in [0.15, 0.2) is 5.58 Å². The summed E-state index contributed by atoms with van der Waals surface area (Å²) in [6.07, 6.45) is 1.71. The van der Waals surface area contributed by atoms with E-state index in [9.17, 15) is 4.79 Å². The summed E-state index contributed by atoms with van der Waals surface area (Å²) < 4.78 is 5.83. The summed E-state index contributed by atoms with van der Waals surface area (Å²) in [7, 11) is 0. The van der Waals surface area contributed by atoms with Crippen molar-refractivity contribution in [2.75, 3.05) is 5.32 Å². The highest BCUT2D eigenvalue weighted by Crippen LogP contribution is 2.29. The molecule has 4 aromatic rings. The zero-order valence-corrected chi connectivity index (χ0v) is 14.6. The first-order valence-corrected chi connectivity index (χ1v) is 8.37. The van der Waals surface area contributed by atoms with E-state index >= 15 is 0 Å². The summed E-state index contributed by atoms with van der Waals surface area (Å²) in [5.41, 5.74) is 4.24. The number of anilines is 1. The van der Waals surface area contributed by atoms with Crippen molar-refractivity contribution in [2.45, 2.75) is 6.92 Å². The second-order valence-electron chi connectivity index (χ2n) is 5.82. The number of halogens is 1. The van der Waals surface area contributed by atoms with Gasteiger partial charge in [0.2, 0.25) is 11.8 Å². The Hall–Kier alpha value is -3.18. The number of benzene rings is 2. The van der Waals surface area contributed by atoms with E-state index in [0.29, 0.717) is 22.3 Å². The normalized spacial score (nSPS) is 10.8. The first kappa shape index (κ1) is 16.3. The number of nitrogens with one attached hydrogen (secondary N) is 1. The molecule has 5 nitrogen and oxygen atoms in total. The average molecular weight is 364 g/mol. The minimum absolute atomic E-state index is 0.149. The third-order valence-electron chi connectivity index (χ3n) is 3.88. The Morgan fingerprint density at radius 1 is 1.00 bits per heavy atom. The quantitative estimate of drug-likeness (QED) is 0.545. The van der Waals surface area contributed by atoms with Gasteiger partial charge in [0.1, 0.15) is 11.3 Å². The second-order valence-corrected chi connectivity index (χ2v) is 6.26. The van der Waals surface area contributed by atoms with Crippen LogP contribution in [0.3, 0.4) is 0 Å². The topological polar surface area (TPSA) is 68.0 Å². The molecule has 0 aliphatic rings. The number of carbonyl (C=O) groups is 1. The summed E-state index contributed by atoms with van der Waals surface area (Å²) in [5.74, 6) is 0.922. The molecule has 1 N–H and O–H groups in total. The van der Waals surface area contributed by atoms with E-state index in [1.54, 1.807) is 24.4 Å². The largest absolute Gasteiger partial charge is 0.436 e. The Balaban J connectivity index is 1.67. The maximum atomic E-state index is 11.1. The molecule has 1 amide bonds. The molecule has 0 aliphatic carbocycles. The lowest BCUT2D eigenvalue weighted by Crippen LogP contribution is -2.06. The van der Waals surface area contributed by atoms with Gasteiger partial charge in [0.25, 0.3) is 0 Å². The SMILES string of the molecule is CC(=O)Nc1ccc(-c2ccc3oc(-c4ccc(Cl)cc4)nc3c2)cn1. The molecule has 0 aliphatic heterocycles. The molecule has 128 valence electrons. The molecule has 0 unspecified atom stereocenters. The van der Waals surface area contributed by atoms with Crippen molar-refractivity contribution in [1.29, 1.82) is 0 Å². The van der Waals surface area contributed by atoms with Gasteiger partial charge < -0.3 is 9.73 Å². The van der Waals surface area contributed by atoms with Crippen LogP contribution in [0.4, 0.5) is 5.82 Å². The first-order valence-electron chi connectivity index (χ1n) is 7.99. The van der Waals surface area contributed by atoms with E-state index in [2.05, 4.69) is 15.3 Å². The van der Waals surface area contributed by atoms with Crippen LogP contribution in [-0.2, 0) is 4.79 Å². The molecule has 2 heterocycles. The standard InChI is InChI=1S/C20H14ClN3O2/c1-12(25)23-19-9-5-15(11-22-19)14-4-8-18-17(10-14)24-20(26-18)13-2-6-16(21)7-3-13/h2-11H,1H3,(H,22,23,25). The Morgan fingerprint density at radius 3 is 2.42 bits per heavy atom. The molecule has 0 spiro atoms. The zero-order chi connectivity index (χ0) is 18.1. The number of rotatable bonds is 3. The number of amides is 1. The number of pyridine rings is 1. The number of hydrogen-bond donors (Lipinski definition) is 1. The van der Waals surface area contributed by atoms with Crippen molar-refractivity contribution in [3.05, 3.63) is 65.8 Å². The van der Waals surface area contributed by atoms with Gasteiger partial charge in [-0.3, -0.25) is 4.79 Å². The summed E-state index contributed by atoms with van der Waals surface area (Å²) in [4.78, 5) is 19.9. The molecular weight excluding hydrogens is 350 g/mol. The number of hydrogen-bond acceptors (Lipinski definition) is 4. The average Bonchev–Trinajstić information content (AvgIpc) is 3.05. The van der Waals surface area contributed by atoms with Crippen molar-refractivity contribution in [1.82, 2.24) is 9.97 Å². The van der Waals surface area contributed by atoms with E-state index in [1.807, 2.05) is 36.4 Å². The molecule has 0 bridgehead atoms. The number of fused-ring (bicyclic) bond motifs is 1. The predicted molar refractivity (Wildman–Crippen MR) is 102 cm³/mol. The Kier molecular flexibility index (Phi) is 4.14. The molecule has 2 aromatic heterocycles. The monoisotopic (exact) mass is 363 g/mol. The second kappa shape index (κ2) is 6.61. The van der Waals surface area contributed by atoms with Crippen LogP contribution in [0.25, 0.3) is 33.7 Å². The summed E-state index contributed by atoms with van der Waals surface area (Å²) in [6, 6.07) is 16.8. The number of aromatic nitrogens is 2. The van der Waals surface area contributed by atoms with Crippen molar-refractivity contribution >= 4 is 34.4 Å². The molecule has 2 aromatic carbocycles. The van der Waals surface area contributed by atoms with E-state index in [-0.39, 0.29) is 5.91 Å². The highest BCUT2D eigenvalue weighted by atomic mass is 35.5. The van der Waals surface area contributed by atoms with Crippen molar-refractivity contribution in [3.63, 3.8) is 0 Å². The molecular formula is C20H14ClN3O2. The zero-order valence-electron chi connectivity index (χ0n) is 13.9. The summed E-state index contributed by atoms with van der Waals surface area (Å²) in [5, 5.41) is 3.32. The van der Waals surface area contributed by atoms with Crippen molar-refractivity contribution < 1.29 is 9.21 Å². The van der Waals surface area contributed by atoms with Crippen LogP contribution in [0, 0.1) is 0 Å². The van der Waals surface area contributed by atoms with Crippen molar-refractivity contribution in [2.24, 2.45) is 0 Å². The van der Waals surface area contributed by atoms with Gasteiger partial charge in [0, 0.05) is 29.3 Å². The lowest BCUT2D eigenvalue weighted by molar-refractivity contribution is -0.114. The third-order valence-corrected chi connectivity index (χ3v) is 4.13. The highest BCUT2D eigenvalue weighted by Gasteiger charge is 2.10. The summed E-state index contributed by atoms with van der Waals surface area (Å²) >= 11 is 5.93. The van der Waals surface area contributed by atoms with Gasteiger partial charge in [-0.2, -0.15) is 0 Å². The van der Waals surface area contributed by atoms with Gasteiger partial charge in [-0.25, -0.2) is 9.97 Å². The van der Waals surface area contributed by atoms with Crippen molar-refractivity contribution in [3.8, 4) is 22.6 Å². The molecule has 0 saturated carbocycles. The van der Waals surface area contributed by atoms with Crippen LogP contribution in [0.1, 0.15) is 6.92 Å². The smallest absolute Gasteiger partial charge is 0.227 e. The van der Waals surface area contributed by atoms with Crippen LogP contribution in [0.5, 0.6) is 0 Å². The highest BCUT2D eigenvalue weighted by molar-refractivity contribution is 6.30. The number of nitrogens with zero attached hydrogens (tertiary/aromatic N) is 2. The number of carbonyl (C=O) groups excluding carboxylic acids is 1. The van der Waals surface area contributed by atoms with Gasteiger partial charge in [-0.15, -0.1) is 0 Å². The van der Waals surface area contributed by atoms with Gasteiger partial charge in [-0.1, -0.05) is 17.7 Å². The van der Waals surface area contributed by atoms with Crippen LogP contribution < -0.4 is 5.32 Å². The molecule has 0 radical (unpaired) electrons. The summed E-state index contributed by atoms with van der Waals surface area (Å²) in [6.45, 7) is 1.45. The van der Waals surface area contributed by atoms with Crippen LogP contribution in [-0.4, -0.2) is 15.9 Å². The fraction of sp³-hybridized carbons (Fsp3) is 0.0500. The molecule has 0 saturated heterocycles. The predicted octanol–water partition coefficient (Wildman–Crippen LogP) is 5.17.